The molecule has 0 heterocycles. The van der Waals surface area contributed by atoms with E-state index in [4.69, 9.17) is 5.73 Å². The topological polar surface area (TPSA) is 26.0 Å². The zero-order valence-corrected chi connectivity index (χ0v) is 5.89. The highest BCUT2D eigenvalue weighted by Gasteiger charge is 1.99. The monoisotopic (exact) mass is 113 g/mol. The largest absolute Gasteiger partial charge is 0.324 e. The minimum absolute atomic E-state index is 0.236. The fraction of sp³-hybridized carbons (Fsp3) is 0.714. The first-order chi connectivity index (χ1) is 3.68. The molecule has 0 aromatic carbocycles. The van der Waals surface area contributed by atoms with Gasteiger partial charge in [0.05, 0.1) is 0 Å². The second kappa shape index (κ2) is 3.67. The number of nitrogens with two attached hydrogens (primary N) is 1. The lowest BCUT2D eigenvalue weighted by molar-refractivity contribution is 0.570. The fourth-order valence-corrected chi connectivity index (χ4v) is 0.444. The second-order valence-electron chi connectivity index (χ2n) is 2.35. The van der Waals surface area contributed by atoms with Crippen LogP contribution in [0.4, 0.5) is 0 Å². The van der Waals surface area contributed by atoms with Crippen LogP contribution in [0.5, 0.6) is 0 Å². The molecule has 0 aliphatic heterocycles. The third-order valence-electron chi connectivity index (χ3n) is 1.18. The lowest BCUT2D eigenvalue weighted by Crippen LogP contribution is -2.23. The SMILES string of the molecule is C/C=C\C(N)C(C)C. The Bertz CT molecular complexity index is 74.5. The van der Waals surface area contributed by atoms with Crippen molar-refractivity contribution < 1.29 is 0 Å². The predicted octanol–water partition coefficient (Wildman–Crippen LogP) is 1.55. The Morgan fingerprint density at radius 2 is 1.88 bits per heavy atom. The summed E-state index contributed by atoms with van der Waals surface area (Å²) in [5.41, 5.74) is 5.64. The zero-order chi connectivity index (χ0) is 6.57. The molecule has 0 saturated carbocycles. The molecule has 0 fully saturated rings. The molecule has 0 aliphatic rings. The first-order valence-electron chi connectivity index (χ1n) is 3.07. The normalized spacial score (nSPS) is 15.6. The molecular formula is C7H15N. The van der Waals surface area contributed by atoms with Crippen LogP contribution in [0.1, 0.15) is 20.8 Å². The smallest absolute Gasteiger partial charge is 0.0247 e. The van der Waals surface area contributed by atoms with Gasteiger partial charge in [-0.3, -0.25) is 0 Å². The van der Waals surface area contributed by atoms with Crippen LogP contribution in [0.2, 0.25) is 0 Å². The third-order valence-corrected chi connectivity index (χ3v) is 1.18. The van der Waals surface area contributed by atoms with Crippen molar-refractivity contribution in [3.8, 4) is 0 Å². The zero-order valence-electron chi connectivity index (χ0n) is 5.89. The Morgan fingerprint density at radius 3 is 2.00 bits per heavy atom. The number of hydrogen-bond donors (Lipinski definition) is 1. The summed E-state index contributed by atoms with van der Waals surface area (Å²) in [6.45, 7) is 6.22. The minimum Gasteiger partial charge on any atom is -0.324 e. The summed E-state index contributed by atoms with van der Waals surface area (Å²) in [6, 6.07) is 0.236. The Morgan fingerprint density at radius 1 is 1.38 bits per heavy atom. The van der Waals surface area contributed by atoms with E-state index in [1.54, 1.807) is 0 Å². The van der Waals surface area contributed by atoms with E-state index in [2.05, 4.69) is 13.8 Å². The van der Waals surface area contributed by atoms with Gasteiger partial charge < -0.3 is 5.73 Å². The molecule has 0 saturated heterocycles. The molecule has 8 heavy (non-hydrogen) atoms. The van der Waals surface area contributed by atoms with Crippen molar-refractivity contribution in [2.75, 3.05) is 0 Å². The average molecular weight is 113 g/mol. The predicted molar refractivity (Wildman–Crippen MR) is 37.6 cm³/mol. The van der Waals surface area contributed by atoms with Gasteiger partial charge in [0.2, 0.25) is 0 Å². The van der Waals surface area contributed by atoms with Crippen molar-refractivity contribution in [3.05, 3.63) is 12.2 Å². The summed E-state index contributed by atoms with van der Waals surface area (Å²) in [4.78, 5) is 0. The van der Waals surface area contributed by atoms with Gasteiger partial charge in [0.15, 0.2) is 0 Å². The highest BCUT2D eigenvalue weighted by molar-refractivity contribution is 4.90. The summed E-state index contributed by atoms with van der Waals surface area (Å²) in [5.74, 6) is 0.561. The first-order valence-corrected chi connectivity index (χ1v) is 3.07. The van der Waals surface area contributed by atoms with Crippen LogP contribution >= 0.6 is 0 Å². The van der Waals surface area contributed by atoms with Crippen molar-refractivity contribution in [3.63, 3.8) is 0 Å². The molecule has 1 heteroatoms. The van der Waals surface area contributed by atoms with Crippen LogP contribution in [-0.4, -0.2) is 6.04 Å². The molecule has 0 aromatic rings. The van der Waals surface area contributed by atoms with Gasteiger partial charge in [-0.25, -0.2) is 0 Å². The lowest BCUT2D eigenvalue weighted by Gasteiger charge is -2.08. The Balaban J connectivity index is 3.47. The molecule has 48 valence electrons. The second-order valence-corrected chi connectivity index (χ2v) is 2.35. The van der Waals surface area contributed by atoms with E-state index >= 15 is 0 Å². The quantitative estimate of drug-likeness (QED) is 0.540. The molecule has 1 unspecified atom stereocenters. The van der Waals surface area contributed by atoms with Crippen molar-refractivity contribution >= 4 is 0 Å². The number of allylic oxidation sites excluding steroid dienone is 1. The van der Waals surface area contributed by atoms with E-state index in [0.717, 1.165) is 0 Å². The maximum absolute atomic E-state index is 5.64. The first kappa shape index (κ1) is 7.70. The van der Waals surface area contributed by atoms with Gasteiger partial charge in [-0.2, -0.15) is 0 Å². The van der Waals surface area contributed by atoms with Gasteiger partial charge in [-0.15, -0.1) is 0 Å². The molecule has 2 N–H and O–H groups in total. The summed E-state index contributed by atoms with van der Waals surface area (Å²) in [7, 11) is 0. The van der Waals surface area contributed by atoms with Crippen molar-refractivity contribution in [1.82, 2.24) is 0 Å². The van der Waals surface area contributed by atoms with Crippen LogP contribution in [-0.2, 0) is 0 Å². The molecule has 1 atom stereocenters. The molecule has 0 bridgehead atoms. The van der Waals surface area contributed by atoms with Gasteiger partial charge in [0.1, 0.15) is 0 Å². The van der Waals surface area contributed by atoms with Gasteiger partial charge >= 0.3 is 0 Å². The summed E-state index contributed by atoms with van der Waals surface area (Å²) in [5, 5.41) is 0. The van der Waals surface area contributed by atoms with Crippen molar-refractivity contribution in [1.29, 1.82) is 0 Å². The van der Waals surface area contributed by atoms with E-state index < -0.39 is 0 Å². The Kier molecular flexibility index (Phi) is 3.53. The van der Waals surface area contributed by atoms with Crippen LogP contribution in [0, 0.1) is 5.92 Å². The van der Waals surface area contributed by atoms with Crippen LogP contribution in [0.3, 0.4) is 0 Å². The maximum Gasteiger partial charge on any atom is 0.0247 e. The van der Waals surface area contributed by atoms with Crippen LogP contribution in [0.15, 0.2) is 12.2 Å². The standard InChI is InChI=1S/C7H15N/c1-4-5-7(8)6(2)3/h4-7H,8H2,1-3H3/b5-4-. The highest BCUT2D eigenvalue weighted by atomic mass is 14.6. The maximum atomic E-state index is 5.64. The molecule has 0 radical (unpaired) electrons. The molecule has 0 spiro atoms. The lowest BCUT2D eigenvalue weighted by atomic mass is 10.1. The van der Waals surface area contributed by atoms with Gasteiger partial charge in [-0.1, -0.05) is 26.0 Å². The molecule has 1 nitrogen and oxygen atoms in total. The Labute approximate surface area is 51.6 Å². The van der Waals surface area contributed by atoms with Crippen LogP contribution in [0.25, 0.3) is 0 Å². The molecule has 0 rings (SSSR count). The molecular weight excluding hydrogens is 98.1 g/mol. The molecule has 0 aromatic heterocycles. The van der Waals surface area contributed by atoms with Crippen LogP contribution < -0.4 is 5.73 Å². The van der Waals surface area contributed by atoms with Crippen molar-refractivity contribution in [2.24, 2.45) is 11.7 Å². The van der Waals surface area contributed by atoms with Gasteiger partial charge in [0.25, 0.3) is 0 Å². The van der Waals surface area contributed by atoms with E-state index in [1.165, 1.54) is 0 Å². The Hall–Kier alpha value is -0.300. The minimum atomic E-state index is 0.236. The van der Waals surface area contributed by atoms with E-state index in [-0.39, 0.29) is 6.04 Å². The van der Waals surface area contributed by atoms with Gasteiger partial charge in [0, 0.05) is 6.04 Å². The fourth-order valence-electron chi connectivity index (χ4n) is 0.444. The summed E-state index contributed by atoms with van der Waals surface area (Å²) in [6.07, 6.45) is 4.01. The average Bonchev–Trinajstić information content (AvgIpc) is 1.67. The molecule has 0 amide bonds. The number of hydrogen-bond acceptors (Lipinski definition) is 1. The summed E-state index contributed by atoms with van der Waals surface area (Å²) >= 11 is 0. The van der Waals surface area contributed by atoms with Gasteiger partial charge in [-0.05, 0) is 12.8 Å². The number of rotatable bonds is 2. The third kappa shape index (κ3) is 2.80. The molecule has 0 aliphatic carbocycles. The van der Waals surface area contributed by atoms with E-state index in [9.17, 15) is 0 Å². The summed E-state index contributed by atoms with van der Waals surface area (Å²) < 4.78 is 0. The van der Waals surface area contributed by atoms with Crippen molar-refractivity contribution in [2.45, 2.75) is 26.8 Å². The highest BCUT2D eigenvalue weighted by Crippen LogP contribution is 1.98. The van der Waals surface area contributed by atoms with E-state index in [0.29, 0.717) is 5.92 Å². The van der Waals surface area contributed by atoms with E-state index in [1.807, 2.05) is 19.1 Å².